The van der Waals surface area contributed by atoms with Gasteiger partial charge in [-0.3, -0.25) is 4.79 Å². The number of aliphatic hydroxyl groups excluding tert-OH is 1. The Morgan fingerprint density at radius 2 is 2.35 bits per heavy atom. The predicted octanol–water partition coefficient (Wildman–Crippen LogP) is 0.907. The fraction of sp³-hybridized carbons (Fsp3) is 0.462. The molecule has 0 spiro atoms. The zero-order chi connectivity index (χ0) is 12.3. The second kappa shape index (κ2) is 5.19. The highest BCUT2D eigenvalue weighted by molar-refractivity contribution is 5.85. The molecule has 0 fully saturated rings. The number of fused-ring (bicyclic) bond motifs is 1. The molecule has 0 saturated heterocycles. The SMILES string of the molecule is CC(CO)CNC(=O)C1COc2ccccc21. The third-order valence-corrected chi connectivity index (χ3v) is 2.95. The van der Waals surface area contributed by atoms with E-state index in [1.54, 1.807) is 0 Å². The summed E-state index contributed by atoms with van der Waals surface area (Å²) in [7, 11) is 0. The van der Waals surface area contributed by atoms with E-state index >= 15 is 0 Å². The highest BCUT2D eigenvalue weighted by Crippen LogP contribution is 2.33. The van der Waals surface area contributed by atoms with Gasteiger partial charge in [0.2, 0.25) is 5.91 Å². The standard InChI is InChI=1S/C13H17NO3/c1-9(7-15)6-14-13(16)11-8-17-12-5-3-2-4-10(11)12/h2-5,9,11,15H,6-8H2,1H3,(H,14,16). The molecule has 0 bridgehead atoms. The largest absolute Gasteiger partial charge is 0.492 e. The van der Waals surface area contributed by atoms with Crippen LogP contribution in [0.2, 0.25) is 0 Å². The maximum Gasteiger partial charge on any atom is 0.231 e. The van der Waals surface area contributed by atoms with Crippen LogP contribution in [0, 0.1) is 5.92 Å². The van der Waals surface area contributed by atoms with Crippen LogP contribution >= 0.6 is 0 Å². The van der Waals surface area contributed by atoms with Crippen molar-refractivity contribution in [2.24, 2.45) is 5.92 Å². The van der Waals surface area contributed by atoms with Crippen molar-refractivity contribution in [1.82, 2.24) is 5.32 Å². The molecule has 92 valence electrons. The van der Waals surface area contributed by atoms with Gasteiger partial charge in [0.15, 0.2) is 0 Å². The lowest BCUT2D eigenvalue weighted by atomic mass is 10.0. The Balaban J connectivity index is 1.98. The van der Waals surface area contributed by atoms with Gasteiger partial charge in [-0.25, -0.2) is 0 Å². The monoisotopic (exact) mass is 235 g/mol. The van der Waals surface area contributed by atoms with Crippen molar-refractivity contribution in [3.8, 4) is 5.75 Å². The minimum atomic E-state index is -0.225. The van der Waals surface area contributed by atoms with Crippen molar-refractivity contribution < 1.29 is 14.6 Å². The van der Waals surface area contributed by atoms with Gasteiger partial charge >= 0.3 is 0 Å². The molecule has 0 aliphatic carbocycles. The molecule has 2 unspecified atom stereocenters. The third-order valence-electron chi connectivity index (χ3n) is 2.95. The molecule has 1 aliphatic heterocycles. The maximum atomic E-state index is 12.0. The Morgan fingerprint density at radius 1 is 1.59 bits per heavy atom. The summed E-state index contributed by atoms with van der Waals surface area (Å²) in [4.78, 5) is 12.0. The molecule has 1 amide bonds. The summed E-state index contributed by atoms with van der Waals surface area (Å²) in [5.74, 6) is 0.617. The Labute approximate surface area is 101 Å². The predicted molar refractivity (Wildman–Crippen MR) is 63.9 cm³/mol. The molecule has 4 nitrogen and oxygen atoms in total. The molecule has 0 saturated carbocycles. The van der Waals surface area contributed by atoms with Crippen LogP contribution in [-0.2, 0) is 4.79 Å². The van der Waals surface area contributed by atoms with E-state index < -0.39 is 0 Å². The summed E-state index contributed by atoms with van der Waals surface area (Å²) in [5.41, 5.74) is 0.946. The molecule has 1 aromatic rings. The maximum absolute atomic E-state index is 12.0. The Bertz CT molecular complexity index is 405. The number of aliphatic hydroxyl groups is 1. The first-order chi connectivity index (χ1) is 8.22. The van der Waals surface area contributed by atoms with Crippen molar-refractivity contribution in [3.05, 3.63) is 29.8 Å². The van der Waals surface area contributed by atoms with E-state index in [4.69, 9.17) is 9.84 Å². The van der Waals surface area contributed by atoms with E-state index in [1.165, 1.54) is 0 Å². The van der Waals surface area contributed by atoms with Crippen molar-refractivity contribution in [1.29, 1.82) is 0 Å². The van der Waals surface area contributed by atoms with Crippen LogP contribution in [0.1, 0.15) is 18.4 Å². The quantitative estimate of drug-likeness (QED) is 0.815. The fourth-order valence-electron chi connectivity index (χ4n) is 1.84. The molecule has 0 radical (unpaired) electrons. The number of carbonyl (C=O) groups is 1. The molecule has 1 aliphatic rings. The van der Waals surface area contributed by atoms with Crippen molar-refractivity contribution >= 4 is 5.91 Å². The average molecular weight is 235 g/mol. The van der Waals surface area contributed by atoms with E-state index in [0.717, 1.165) is 11.3 Å². The normalized spacial score (nSPS) is 19.3. The van der Waals surface area contributed by atoms with E-state index in [9.17, 15) is 4.79 Å². The number of nitrogens with one attached hydrogen (secondary N) is 1. The van der Waals surface area contributed by atoms with Crippen molar-refractivity contribution in [2.45, 2.75) is 12.8 Å². The number of benzene rings is 1. The van der Waals surface area contributed by atoms with Gasteiger partial charge in [-0.05, 0) is 12.0 Å². The van der Waals surface area contributed by atoms with Gasteiger partial charge in [0.05, 0.1) is 0 Å². The molecule has 2 N–H and O–H groups in total. The van der Waals surface area contributed by atoms with Crippen LogP contribution in [-0.4, -0.2) is 30.8 Å². The number of rotatable bonds is 4. The zero-order valence-electron chi connectivity index (χ0n) is 9.85. The number of para-hydroxylation sites is 1. The molecule has 2 atom stereocenters. The second-order valence-electron chi connectivity index (χ2n) is 4.43. The second-order valence-corrected chi connectivity index (χ2v) is 4.43. The summed E-state index contributed by atoms with van der Waals surface area (Å²) in [6.45, 7) is 2.87. The first kappa shape index (κ1) is 11.9. The molecule has 2 rings (SSSR count). The van der Waals surface area contributed by atoms with Crippen LogP contribution in [0.3, 0.4) is 0 Å². The van der Waals surface area contributed by atoms with E-state index in [1.807, 2.05) is 31.2 Å². The van der Waals surface area contributed by atoms with Gasteiger partial charge in [0, 0.05) is 18.7 Å². The summed E-state index contributed by atoms with van der Waals surface area (Å²) < 4.78 is 5.46. The number of hydrogen-bond acceptors (Lipinski definition) is 3. The van der Waals surface area contributed by atoms with E-state index in [-0.39, 0.29) is 24.3 Å². The summed E-state index contributed by atoms with van der Waals surface area (Å²) in [6, 6.07) is 7.60. The van der Waals surface area contributed by atoms with Gasteiger partial charge in [0.25, 0.3) is 0 Å². The molecule has 1 aromatic carbocycles. The van der Waals surface area contributed by atoms with E-state index in [0.29, 0.717) is 13.2 Å². The zero-order valence-corrected chi connectivity index (χ0v) is 9.85. The summed E-state index contributed by atoms with van der Waals surface area (Å²) in [6.07, 6.45) is 0. The Kier molecular flexibility index (Phi) is 3.64. The molecule has 0 aromatic heterocycles. The summed E-state index contributed by atoms with van der Waals surface area (Å²) >= 11 is 0. The van der Waals surface area contributed by atoms with Gasteiger partial charge in [-0.1, -0.05) is 25.1 Å². The van der Waals surface area contributed by atoms with Crippen LogP contribution in [0.25, 0.3) is 0 Å². The number of carbonyl (C=O) groups excluding carboxylic acids is 1. The van der Waals surface area contributed by atoms with Gasteiger partial charge in [-0.15, -0.1) is 0 Å². The summed E-state index contributed by atoms with van der Waals surface area (Å²) in [5, 5.41) is 11.7. The van der Waals surface area contributed by atoms with Gasteiger partial charge < -0.3 is 15.2 Å². The topological polar surface area (TPSA) is 58.6 Å². The van der Waals surface area contributed by atoms with Gasteiger partial charge in [0.1, 0.15) is 18.3 Å². The Morgan fingerprint density at radius 3 is 3.12 bits per heavy atom. The molecule has 17 heavy (non-hydrogen) atoms. The Hall–Kier alpha value is -1.55. The fourth-order valence-corrected chi connectivity index (χ4v) is 1.84. The minimum Gasteiger partial charge on any atom is -0.492 e. The van der Waals surface area contributed by atoms with Crippen LogP contribution in [0.5, 0.6) is 5.75 Å². The van der Waals surface area contributed by atoms with Crippen LogP contribution < -0.4 is 10.1 Å². The van der Waals surface area contributed by atoms with Crippen molar-refractivity contribution in [2.75, 3.05) is 19.8 Å². The average Bonchev–Trinajstić information content (AvgIpc) is 2.79. The van der Waals surface area contributed by atoms with Crippen molar-refractivity contribution in [3.63, 3.8) is 0 Å². The van der Waals surface area contributed by atoms with E-state index in [2.05, 4.69) is 5.32 Å². The first-order valence-corrected chi connectivity index (χ1v) is 5.82. The third kappa shape index (κ3) is 2.58. The minimum absolute atomic E-state index is 0.0322. The van der Waals surface area contributed by atoms with Crippen LogP contribution in [0.4, 0.5) is 0 Å². The van der Waals surface area contributed by atoms with Gasteiger partial charge in [-0.2, -0.15) is 0 Å². The molecular weight excluding hydrogens is 218 g/mol. The number of amides is 1. The first-order valence-electron chi connectivity index (χ1n) is 5.82. The molecule has 4 heteroatoms. The highest BCUT2D eigenvalue weighted by atomic mass is 16.5. The lowest BCUT2D eigenvalue weighted by molar-refractivity contribution is -0.122. The highest BCUT2D eigenvalue weighted by Gasteiger charge is 2.29. The smallest absolute Gasteiger partial charge is 0.231 e. The molecule has 1 heterocycles. The number of hydrogen-bond donors (Lipinski definition) is 2. The van der Waals surface area contributed by atoms with Crippen LogP contribution in [0.15, 0.2) is 24.3 Å². The lowest BCUT2D eigenvalue weighted by Crippen LogP contribution is -2.34. The lowest BCUT2D eigenvalue weighted by Gasteiger charge is -2.13. The molecular formula is C13H17NO3. The number of ether oxygens (including phenoxy) is 1.